The van der Waals surface area contributed by atoms with Gasteiger partial charge >= 0.3 is 35.8 Å². The van der Waals surface area contributed by atoms with E-state index in [-0.39, 0.29) is 50.0 Å². The van der Waals surface area contributed by atoms with Crippen LogP contribution < -0.4 is 28.4 Å². The van der Waals surface area contributed by atoms with Crippen LogP contribution in [0.4, 0.5) is 0 Å². The minimum atomic E-state index is -0.717. The second-order valence-electron chi connectivity index (χ2n) is 18.3. The lowest BCUT2D eigenvalue weighted by Crippen LogP contribution is -2.30. The monoisotopic (exact) mass is 1070 g/mol. The molecule has 1 aliphatic rings. The van der Waals surface area contributed by atoms with Gasteiger partial charge in [-0.1, -0.05) is 97.3 Å². The number of carbonyl (C=O) groups is 6. The zero-order valence-corrected chi connectivity index (χ0v) is 45.1. The molecule has 0 heterocycles. The highest BCUT2D eigenvalue weighted by Gasteiger charge is 2.32. The third kappa shape index (κ3) is 25.5. The van der Waals surface area contributed by atoms with Gasteiger partial charge in [0.1, 0.15) is 40.6 Å². The van der Waals surface area contributed by atoms with Gasteiger partial charge < -0.3 is 37.9 Å². The van der Waals surface area contributed by atoms with Crippen LogP contribution >= 0.6 is 0 Å². The van der Waals surface area contributed by atoms with Gasteiger partial charge in [0.2, 0.25) is 0 Å². The van der Waals surface area contributed by atoms with Crippen molar-refractivity contribution >= 4 is 35.8 Å². The Morgan fingerprint density at radius 2 is 0.792 bits per heavy atom. The minimum Gasteiger partial charge on any atom is -0.494 e. The summed E-state index contributed by atoms with van der Waals surface area (Å²) in [5.41, 5.74) is 0.834. The third-order valence-electron chi connectivity index (χ3n) is 12.1. The van der Waals surface area contributed by atoms with Crippen LogP contribution in [0.1, 0.15) is 173 Å². The van der Waals surface area contributed by atoms with Gasteiger partial charge in [-0.25, -0.2) is 19.2 Å². The molecule has 0 amide bonds. The lowest BCUT2D eigenvalue weighted by atomic mass is 9.82. The highest BCUT2D eigenvalue weighted by atomic mass is 16.6. The summed E-state index contributed by atoms with van der Waals surface area (Å²) in [4.78, 5) is 73.8. The number of rotatable bonds is 29. The van der Waals surface area contributed by atoms with E-state index >= 15 is 0 Å². The first-order valence-electron chi connectivity index (χ1n) is 27.0. The summed E-state index contributed by atoms with van der Waals surface area (Å²) in [6.07, 6.45) is 21.9. The predicted molar refractivity (Wildman–Crippen MR) is 305 cm³/mol. The predicted octanol–water partition coefficient (Wildman–Crippen LogP) is 14.8. The Kier molecular flexibility index (Phi) is 29.6. The fraction of sp³-hybridized carbons (Fsp3) is 0.429. The van der Waals surface area contributed by atoms with Crippen molar-refractivity contribution in [3.63, 3.8) is 0 Å². The van der Waals surface area contributed by atoms with E-state index in [9.17, 15) is 28.8 Å². The Bertz CT molecular complexity index is 2510. The number of esters is 6. The summed E-state index contributed by atoms with van der Waals surface area (Å²) in [5, 5.41) is 0. The Labute approximate surface area is 463 Å². The molecule has 14 nitrogen and oxygen atoms in total. The summed E-state index contributed by atoms with van der Waals surface area (Å²) >= 11 is 0. The molecule has 1 saturated carbocycles. The van der Waals surface area contributed by atoms with E-state index in [1.54, 1.807) is 104 Å². The standard InChI is InChI=1S/C36H48O8.C27H26O6.6H2/c1-3-5-7-9-11-25-41-33(37)27-17-21-31(22-18-27)43-35(39)29-13-15-30(16-14-29)36(40)44-32-23-19-28(20-24-32)34(38)42-26-12-10-8-6-4-2;1-3-5-7-9-21-31-23-12-16-25(17-13-23)33-27(29)19-18-26(28)32-24-14-10-22(11-15-24)30-20-8-6-4-2;;;;;;/h17-24,29-30H,3-16,25-26H2,1-2H3;10-19H,3,5,7,9,21H2,1-2H3;6*1H/b;19-18-;;;;;;. The third-order valence-corrected chi connectivity index (χ3v) is 12.1. The smallest absolute Gasteiger partial charge is 0.338 e. The molecule has 4 aromatic carbocycles. The summed E-state index contributed by atoms with van der Waals surface area (Å²) < 4.78 is 42.9. The second-order valence-corrected chi connectivity index (χ2v) is 18.3. The van der Waals surface area contributed by atoms with Crippen LogP contribution in [-0.4, -0.2) is 55.6 Å². The van der Waals surface area contributed by atoms with Gasteiger partial charge in [0.15, 0.2) is 0 Å². The van der Waals surface area contributed by atoms with Crippen molar-refractivity contribution in [3.8, 4) is 58.4 Å². The number of hydrogen-bond donors (Lipinski definition) is 0. The Morgan fingerprint density at radius 3 is 1.21 bits per heavy atom. The molecule has 4 aromatic rings. The van der Waals surface area contributed by atoms with Crippen molar-refractivity contribution in [1.82, 2.24) is 0 Å². The average molecular weight is 1070 g/mol. The molecular formula is C63H86O14. The molecule has 14 heteroatoms. The van der Waals surface area contributed by atoms with Crippen molar-refractivity contribution < 1.29 is 75.2 Å². The van der Waals surface area contributed by atoms with E-state index in [0.717, 1.165) is 63.5 Å². The van der Waals surface area contributed by atoms with E-state index < -0.39 is 11.9 Å². The maximum absolute atomic E-state index is 12.7. The maximum atomic E-state index is 12.7. The van der Waals surface area contributed by atoms with Gasteiger partial charge in [0.25, 0.3) is 0 Å². The largest absolute Gasteiger partial charge is 0.494 e. The van der Waals surface area contributed by atoms with Crippen LogP contribution in [0.25, 0.3) is 0 Å². The molecule has 5 rings (SSSR count). The molecule has 0 unspecified atom stereocenters. The first kappa shape index (κ1) is 61.7. The molecule has 0 aliphatic heterocycles. The molecule has 0 saturated heterocycles. The van der Waals surface area contributed by atoms with Gasteiger partial charge in [-0.3, -0.25) is 9.59 Å². The molecular weight excluding hydrogens is 981 g/mol. The zero-order chi connectivity index (χ0) is 55.3. The molecule has 77 heavy (non-hydrogen) atoms. The molecule has 0 aromatic heterocycles. The number of unbranched alkanes of at least 4 members (excludes halogenated alkanes) is 11. The van der Waals surface area contributed by atoms with Crippen LogP contribution in [0.2, 0.25) is 0 Å². The van der Waals surface area contributed by atoms with E-state index in [1.807, 2.05) is 0 Å². The van der Waals surface area contributed by atoms with Crippen LogP contribution in [0, 0.1) is 35.7 Å². The van der Waals surface area contributed by atoms with Crippen LogP contribution in [0.3, 0.4) is 0 Å². The van der Waals surface area contributed by atoms with Crippen LogP contribution in [-0.2, 0) is 28.7 Å². The number of ether oxygens (including phenoxy) is 8. The van der Waals surface area contributed by atoms with Gasteiger partial charge in [-0.2, -0.15) is 0 Å². The molecule has 0 atom stereocenters. The van der Waals surface area contributed by atoms with Gasteiger partial charge in [-0.15, -0.1) is 0 Å². The summed E-state index contributed by atoms with van der Waals surface area (Å²) in [7, 11) is 0. The average Bonchev–Trinajstić information content (AvgIpc) is 3.51. The van der Waals surface area contributed by atoms with E-state index in [2.05, 4.69) is 44.6 Å². The first-order valence-corrected chi connectivity index (χ1v) is 27.0. The van der Waals surface area contributed by atoms with E-state index in [0.29, 0.717) is 85.4 Å². The van der Waals surface area contributed by atoms with Gasteiger partial charge in [0.05, 0.1) is 42.8 Å². The molecule has 1 fully saturated rings. The second kappa shape index (κ2) is 37.0. The highest BCUT2D eigenvalue weighted by molar-refractivity contribution is 5.93. The quantitative estimate of drug-likeness (QED) is 0.0165. The topological polar surface area (TPSA) is 176 Å². The highest BCUT2D eigenvalue weighted by Crippen LogP contribution is 2.32. The van der Waals surface area contributed by atoms with Crippen molar-refractivity contribution in [2.45, 2.75) is 143 Å². The molecule has 0 radical (unpaired) electrons. The van der Waals surface area contributed by atoms with E-state index in [1.165, 1.54) is 38.5 Å². The molecule has 1 aliphatic carbocycles. The van der Waals surface area contributed by atoms with Crippen LogP contribution in [0.5, 0.6) is 34.5 Å². The molecule has 0 spiro atoms. The van der Waals surface area contributed by atoms with Gasteiger partial charge in [-0.05, 0) is 155 Å². The molecule has 0 bridgehead atoms. The van der Waals surface area contributed by atoms with Crippen molar-refractivity contribution in [2.24, 2.45) is 11.8 Å². The number of benzene rings is 4. The Balaban J connectivity index is -0.00000149. The maximum Gasteiger partial charge on any atom is 0.338 e. The number of carbonyl (C=O) groups excluding carboxylic acids is 6. The van der Waals surface area contributed by atoms with Gasteiger partial charge in [0, 0.05) is 26.6 Å². The lowest BCUT2D eigenvalue weighted by molar-refractivity contribution is -0.145. The van der Waals surface area contributed by atoms with Crippen molar-refractivity contribution in [2.75, 3.05) is 19.8 Å². The molecule has 422 valence electrons. The normalized spacial score (nSPS) is 13.4. The fourth-order valence-electron chi connectivity index (χ4n) is 7.70. The Hall–Kier alpha value is -7.84. The molecule has 0 N–H and O–H groups in total. The minimum absolute atomic E-state index is 0. The summed E-state index contributed by atoms with van der Waals surface area (Å²) in [6, 6.07) is 25.8. The Morgan fingerprint density at radius 1 is 0.442 bits per heavy atom. The van der Waals surface area contributed by atoms with E-state index in [4.69, 9.17) is 37.9 Å². The van der Waals surface area contributed by atoms with Crippen molar-refractivity contribution in [3.05, 3.63) is 120 Å². The first-order chi connectivity index (χ1) is 37.5. The zero-order valence-electron chi connectivity index (χ0n) is 45.1. The number of hydrogen-bond acceptors (Lipinski definition) is 14. The summed E-state index contributed by atoms with van der Waals surface area (Å²) in [5.74, 6) is 6.76. The lowest BCUT2D eigenvalue weighted by Gasteiger charge is -2.25. The van der Waals surface area contributed by atoms with Crippen LogP contribution in [0.15, 0.2) is 109 Å². The SMILES string of the molecule is CC#CC#COc1ccc(OC(=O)/C=C\C(=O)Oc2ccc(OCCCCCC)cc2)cc1.CCCCCCCOC(=O)c1ccc(OC(=O)C2CCC(C(=O)Oc3ccc(C(=O)OCCCCCCC)cc3)CC2)cc1.[HH].[HH].[HH].[HH].[HH].[HH]. The van der Waals surface area contributed by atoms with Crippen molar-refractivity contribution in [1.29, 1.82) is 0 Å². The summed E-state index contributed by atoms with van der Waals surface area (Å²) in [6.45, 7) is 9.61. The fourth-order valence-corrected chi connectivity index (χ4v) is 7.70.